The highest BCUT2D eigenvalue weighted by atomic mass is 16.5. The molecule has 0 unspecified atom stereocenters. The Bertz CT molecular complexity index is 1050. The van der Waals surface area contributed by atoms with Crippen LogP contribution in [0.25, 0.3) is 11.1 Å². The zero-order valence-corrected chi connectivity index (χ0v) is 18.3. The highest BCUT2D eigenvalue weighted by molar-refractivity contribution is 6.11. The molecule has 0 bridgehead atoms. The van der Waals surface area contributed by atoms with Crippen molar-refractivity contribution >= 4 is 17.5 Å². The Morgan fingerprint density at radius 3 is 2.69 bits per heavy atom. The van der Waals surface area contributed by atoms with Crippen LogP contribution >= 0.6 is 0 Å². The number of amidine groups is 1. The molecule has 6 nitrogen and oxygen atoms in total. The first-order chi connectivity index (χ1) is 15.7. The quantitative estimate of drug-likeness (QED) is 0.682. The number of aliphatic imine (C=N–C) groups is 1. The monoisotopic (exact) mass is 431 g/mol. The molecular weight excluding hydrogens is 402 g/mol. The number of ether oxygens (including phenoxy) is 1. The third-order valence-corrected chi connectivity index (χ3v) is 6.46. The van der Waals surface area contributed by atoms with E-state index in [1.807, 2.05) is 36.4 Å². The Hall–Kier alpha value is -2.83. The van der Waals surface area contributed by atoms with Gasteiger partial charge in [-0.1, -0.05) is 30.3 Å². The van der Waals surface area contributed by atoms with Gasteiger partial charge in [0.05, 0.1) is 19.8 Å². The van der Waals surface area contributed by atoms with Crippen molar-refractivity contribution in [2.75, 3.05) is 32.8 Å². The molecule has 2 aliphatic heterocycles. The molecule has 3 aliphatic rings. The molecule has 1 saturated heterocycles. The van der Waals surface area contributed by atoms with Crippen LogP contribution in [-0.4, -0.2) is 55.3 Å². The fraction of sp³-hybridized carbons (Fsp3) is 0.423. The standard InChI is InChI=1S/C26H29N3O3/c30-24(5-2-10-29-11-13-32-14-12-29)21-4-1-3-19(15-21)20-8-9-23-22(16-20)17-27-25(23)28-26(31)18-6-7-18/h1,3-4,8-9,15-16,18H,2,5-7,10-14,17H2,(H,27,28,31). The summed E-state index contributed by atoms with van der Waals surface area (Å²) in [4.78, 5) is 31.7. The summed E-state index contributed by atoms with van der Waals surface area (Å²) < 4.78 is 5.38. The van der Waals surface area contributed by atoms with Gasteiger partial charge < -0.3 is 10.1 Å². The number of nitrogens with zero attached hydrogens (tertiary/aromatic N) is 2. The lowest BCUT2D eigenvalue weighted by Crippen LogP contribution is -2.36. The van der Waals surface area contributed by atoms with Gasteiger partial charge >= 0.3 is 0 Å². The average molecular weight is 432 g/mol. The normalized spacial score (nSPS) is 18.2. The molecule has 1 aliphatic carbocycles. The molecule has 2 heterocycles. The van der Waals surface area contributed by atoms with E-state index >= 15 is 0 Å². The molecule has 6 heteroatoms. The largest absolute Gasteiger partial charge is 0.379 e. The molecule has 1 saturated carbocycles. The lowest BCUT2D eigenvalue weighted by atomic mass is 9.96. The molecule has 1 N–H and O–H groups in total. The Labute approximate surface area is 188 Å². The summed E-state index contributed by atoms with van der Waals surface area (Å²) in [6, 6.07) is 14.1. The number of fused-ring (bicyclic) bond motifs is 1. The molecule has 0 atom stereocenters. The van der Waals surface area contributed by atoms with E-state index in [0.717, 1.165) is 79.9 Å². The van der Waals surface area contributed by atoms with E-state index in [1.165, 1.54) is 0 Å². The number of ketones is 1. The van der Waals surface area contributed by atoms with Crippen LogP contribution in [0, 0.1) is 5.92 Å². The van der Waals surface area contributed by atoms with E-state index in [1.54, 1.807) is 0 Å². The molecule has 2 fully saturated rings. The maximum Gasteiger partial charge on any atom is 0.228 e. The third-order valence-electron chi connectivity index (χ3n) is 6.46. The van der Waals surface area contributed by atoms with Gasteiger partial charge in [-0.2, -0.15) is 0 Å². The van der Waals surface area contributed by atoms with E-state index in [4.69, 9.17) is 4.74 Å². The number of rotatable bonds is 7. The van der Waals surface area contributed by atoms with Gasteiger partial charge in [0.15, 0.2) is 5.78 Å². The fourth-order valence-electron chi connectivity index (χ4n) is 4.36. The van der Waals surface area contributed by atoms with E-state index in [2.05, 4.69) is 21.3 Å². The highest BCUT2D eigenvalue weighted by Gasteiger charge is 2.31. The van der Waals surface area contributed by atoms with Crippen LogP contribution in [0.3, 0.4) is 0 Å². The summed E-state index contributed by atoms with van der Waals surface area (Å²) in [7, 11) is 0. The molecule has 2 aromatic rings. The minimum absolute atomic E-state index is 0.0838. The van der Waals surface area contributed by atoms with Crippen molar-refractivity contribution in [3.8, 4) is 11.1 Å². The molecule has 5 rings (SSSR count). The summed E-state index contributed by atoms with van der Waals surface area (Å²) in [5.74, 6) is 1.12. The highest BCUT2D eigenvalue weighted by Crippen LogP contribution is 2.30. The van der Waals surface area contributed by atoms with E-state index in [9.17, 15) is 9.59 Å². The van der Waals surface area contributed by atoms with Crippen molar-refractivity contribution in [3.63, 3.8) is 0 Å². The first kappa shape index (κ1) is 21.0. The van der Waals surface area contributed by atoms with Gasteiger partial charge in [-0.15, -0.1) is 0 Å². The topological polar surface area (TPSA) is 71.0 Å². The van der Waals surface area contributed by atoms with E-state index in [0.29, 0.717) is 18.8 Å². The zero-order chi connectivity index (χ0) is 21.9. The number of benzene rings is 2. The number of hydrogen-bond donors (Lipinski definition) is 1. The fourth-order valence-corrected chi connectivity index (χ4v) is 4.36. The van der Waals surface area contributed by atoms with Crippen LogP contribution < -0.4 is 5.32 Å². The first-order valence-electron chi connectivity index (χ1n) is 11.6. The second-order valence-corrected chi connectivity index (χ2v) is 8.86. The predicted octanol–water partition coefficient (Wildman–Crippen LogP) is 3.44. The second kappa shape index (κ2) is 9.35. The Morgan fingerprint density at radius 1 is 1.06 bits per heavy atom. The average Bonchev–Trinajstić information content (AvgIpc) is 3.62. The zero-order valence-electron chi connectivity index (χ0n) is 18.3. The second-order valence-electron chi connectivity index (χ2n) is 8.86. The molecule has 1 amide bonds. The summed E-state index contributed by atoms with van der Waals surface area (Å²) in [5, 5.41) is 2.98. The number of carbonyl (C=O) groups excluding carboxylic acids is 2. The third kappa shape index (κ3) is 4.81. The first-order valence-corrected chi connectivity index (χ1v) is 11.6. The van der Waals surface area contributed by atoms with Crippen LogP contribution in [0.2, 0.25) is 0 Å². The predicted molar refractivity (Wildman–Crippen MR) is 124 cm³/mol. The van der Waals surface area contributed by atoms with Crippen LogP contribution in [0.1, 0.15) is 47.2 Å². The molecular formula is C26H29N3O3. The van der Waals surface area contributed by atoms with Gasteiger partial charge in [-0.25, -0.2) is 0 Å². The van der Waals surface area contributed by atoms with Crippen LogP contribution in [0.5, 0.6) is 0 Å². The number of carbonyl (C=O) groups is 2. The molecule has 0 radical (unpaired) electrons. The number of nitrogens with one attached hydrogen (secondary N) is 1. The smallest absolute Gasteiger partial charge is 0.228 e. The maximum absolute atomic E-state index is 12.8. The lowest BCUT2D eigenvalue weighted by molar-refractivity contribution is -0.120. The van der Waals surface area contributed by atoms with Crippen LogP contribution in [-0.2, 0) is 16.1 Å². The van der Waals surface area contributed by atoms with Crippen molar-refractivity contribution in [3.05, 3.63) is 59.2 Å². The van der Waals surface area contributed by atoms with Crippen molar-refractivity contribution in [1.82, 2.24) is 10.2 Å². The molecule has 0 spiro atoms. The molecule has 32 heavy (non-hydrogen) atoms. The maximum atomic E-state index is 12.8. The van der Waals surface area contributed by atoms with Gasteiger partial charge in [0.1, 0.15) is 5.84 Å². The molecule has 2 aromatic carbocycles. The Morgan fingerprint density at radius 2 is 1.88 bits per heavy atom. The number of amides is 1. The van der Waals surface area contributed by atoms with Crippen molar-refractivity contribution in [2.24, 2.45) is 10.9 Å². The Balaban J connectivity index is 1.22. The summed E-state index contributed by atoms with van der Waals surface area (Å²) in [5.41, 5.74) is 4.96. The van der Waals surface area contributed by atoms with E-state index in [-0.39, 0.29) is 17.6 Å². The minimum Gasteiger partial charge on any atom is -0.379 e. The van der Waals surface area contributed by atoms with Crippen LogP contribution in [0.15, 0.2) is 47.5 Å². The van der Waals surface area contributed by atoms with Crippen molar-refractivity contribution in [1.29, 1.82) is 0 Å². The van der Waals surface area contributed by atoms with Gasteiger partial charge in [-0.05, 0) is 54.6 Å². The minimum atomic E-state index is 0.0838. The van der Waals surface area contributed by atoms with Gasteiger partial charge in [-0.3, -0.25) is 19.5 Å². The van der Waals surface area contributed by atoms with Gasteiger partial charge in [0, 0.05) is 36.6 Å². The van der Waals surface area contributed by atoms with Crippen molar-refractivity contribution < 1.29 is 14.3 Å². The summed E-state index contributed by atoms with van der Waals surface area (Å²) in [6.45, 7) is 5.00. The van der Waals surface area contributed by atoms with Crippen molar-refractivity contribution in [2.45, 2.75) is 32.2 Å². The van der Waals surface area contributed by atoms with Crippen LogP contribution in [0.4, 0.5) is 0 Å². The number of Topliss-reactive ketones (excluding diaryl/α,β-unsaturated/α-hetero) is 1. The molecule has 0 aromatic heterocycles. The molecule has 166 valence electrons. The SMILES string of the molecule is O=C(CCCN1CCOCC1)c1cccc(-c2ccc3c(c2)CN=C3NC(=O)C2CC2)c1. The lowest BCUT2D eigenvalue weighted by Gasteiger charge is -2.26. The van der Waals surface area contributed by atoms with E-state index < -0.39 is 0 Å². The summed E-state index contributed by atoms with van der Waals surface area (Å²) in [6.07, 6.45) is 3.39. The van der Waals surface area contributed by atoms with Gasteiger partial charge in [0.25, 0.3) is 0 Å². The van der Waals surface area contributed by atoms with Gasteiger partial charge in [0.2, 0.25) is 5.91 Å². The number of morpholine rings is 1. The number of hydrogen-bond acceptors (Lipinski definition) is 5. The summed E-state index contributed by atoms with van der Waals surface area (Å²) >= 11 is 0. The Kier molecular flexibility index (Phi) is 6.14.